The Balaban J connectivity index is 1.86. The predicted octanol–water partition coefficient (Wildman–Crippen LogP) is 2.29. The number of aromatic nitrogens is 3. The molecule has 1 N–H and O–H groups in total. The number of hydrogen-bond donors (Lipinski definition) is 1. The topological polar surface area (TPSA) is 41.6 Å². The monoisotopic (exact) mass is 201 g/mol. The van der Waals surface area contributed by atoms with Crippen LogP contribution in [0.25, 0.3) is 0 Å². The molecule has 1 aromatic heterocycles. The Morgan fingerprint density at radius 2 is 2.07 bits per heavy atom. The zero-order chi connectivity index (χ0) is 10.5. The van der Waals surface area contributed by atoms with Gasteiger partial charge in [-0.25, -0.2) is 0 Å². The van der Waals surface area contributed by atoms with Crippen molar-refractivity contribution < 1.29 is 0 Å². The molecule has 0 spiro atoms. The van der Waals surface area contributed by atoms with Crippen LogP contribution in [0, 0.1) is 6.92 Å². The lowest BCUT2D eigenvalue weighted by atomic mass is 10.0. The molecule has 0 saturated heterocycles. The van der Waals surface area contributed by atoms with Crippen LogP contribution in [0.1, 0.15) is 23.2 Å². The van der Waals surface area contributed by atoms with Gasteiger partial charge < -0.3 is 0 Å². The summed E-state index contributed by atoms with van der Waals surface area (Å²) in [6.07, 6.45) is 5.01. The average molecular weight is 201 g/mol. The van der Waals surface area contributed by atoms with E-state index in [0.717, 1.165) is 25.0 Å². The number of H-pyrrole nitrogens is 1. The molecule has 0 aliphatic heterocycles. The number of rotatable bonds is 4. The highest BCUT2D eigenvalue weighted by Crippen LogP contribution is 2.10. The lowest BCUT2D eigenvalue weighted by Crippen LogP contribution is -1.92. The van der Waals surface area contributed by atoms with E-state index >= 15 is 0 Å². The maximum atomic E-state index is 4.03. The van der Waals surface area contributed by atoms with Crippen molar-refractivity contribution in [2.45, 2.75) is 26.2 Å². The molecule has 0 aliphatic carbocycles. The SMILES string of the molecule is Cc1ccccc1CCCc1cn[nH]n1. The molecule has 0 unspecified atom stereocenters. The standard InChI is InChI=1S/C12H15N3/c1-10-5-2-3-6-11(10)7-4-8-12-9-13-15-14-12/h2-3,5-6,9H,4,7-8H2,1H3,(H,13,14,15). The van der Waals surface area contributed by atoms with E-state index in [9.17, 15) is 0 Å². The molecule has 78 valence electrons. The fourth-order valence-electron chi connectivity index (χ4n) is 1.70. The minimum absolute atomic E-state index is 0.991. The molecule has 0 saturated carbocycles. The number of nitrogens with zero attached hydrogens (tertiary/aromatic N) is 2. The number of hydrogen-bond acceptors (Lipinski definition) is 2. The van der Waals surface area contributed by atoms with Crippen LogP contribution in [0.5, 0.6) is 0 Å². The highest BCUT2D eigenvalue weighted by molar-refractivity contribution is 5.25. The van der Waals surface area contributed by atoms with Crippen molar-refractivity contribution in [1.82, 2.24) is 15.4 Å². The Hall–Kier alpha value is -1.64. The summed E-state index contributed by atoms with van der Waals surface area (Å²) in [6, 6.07) is 8.53. The van der Waals surface area contributed by atoms with Gasteiger partial charge in [-0.15, -0.1) is 0 Å². The molecule has 1 aromatic carbocycles. The number of aryl methyl sites for hydroxylation is 3. The third-order valence-electron chi connectivity index (χ3n) is 2.61. The molecule has 2 rings (SSSR count). The molecular weight excluding hydrogens is 186 g/mol. The van der Waals surface area contributed by atoms with Gasteiger partial charge in [0.2, 0.25) is 0 Å². The van der Waals surface area contributed by atoms with Crippen molar-refractivity contribution in [1.29, 1.82) is 0 Å². The van der Waals surface area contributed by atoms with Crippen LogP contribution in [0.2, 0.25) is 0 Å². The molecule has 3 nitrogen and oxygen atoms in total. The molecule has 0 bridgehead atoms. The second-order valence-electron chi connectivity index (χ2n) is 3.74. The van der Waals surface area contributed by atoms with Crippen molar-refractivity contribution in [2.24, 2.45) is 0 Å². The highest BCUT2D eigenvalue weighted by Gasteiger charge is 1.99. The maximum Gasteiger partial charge on any atom is 0.0824 e. The molecular formula is C12H15N3. The van der Waals surface area contributed by atoms with E-state index in [2.05, 4.69) is 46.6 Å². The number of nitrogens with one attached hydrogen (secondary N) is 1. The van der Waals surface area contributed by atoms with E-state index < -0.39 is 0 Å². The third-order valence-corrected chi connectivity index (χ3v) is 2.61. The Bertz CT molecular complexity index is 407. The normalized spacial score (nSPS) is 10.5. The van der Waals surface area contributed by atoms with Crippen molar-refractivity contribution >= 4 is 0 Å². The zero-order valence-corrected chi connectivity index (χ0v) is 8.90. The minimum atomic E-state index is 0.991. The lowest BCUT2D eigenvalue weighted by Gasteiger charge is -2.03. The van der Waals surface area contributed by atoms with Crippen LogP contribution >= 0.6 is 0 Å². The lowest BCUT2D eigenvalue weighted by molar-refractivity contribution is 0.787. The molecule has 0 atom stereocenters. The van der Waals surface area contributed by atoms with Gasteiger partial charge in [0.05, 0.1) is 11.9 Å². The summed E-state index contributed by atoms with van der Waals surface area (Å²) in [6.45, 7) is 2.16. The van der Waals surface area contributed by atoms with Gasteiger partial charge in [-0.2, -0.15) is 15.4 Å². The van der Waals surface area contributed by atoms with Gasteiger partial charge in [-0.3, -0.25) is 0 Å². The average Bonchev–Trinajstić information content (AvgIpc) is 2.74. The summed E-state index contributed by atoms with van der Waals surface area (Å²) in [5.74, 6) is 0. The van der Waals surface area contributed by atoms with Crippen LogP contribution < -0.4 is 0 Å². The van der Waals surface area contributed by atoms with E-state index in [4.69, 9.17) is 0 Å². The van der Waals surface area contributed by atoms with Crippen molar-refractivity contribution in [2.75, 3.05) is 0 Å². The van der Waals surface area contributed by atoms with E-state index in [1.165, 1.54) is 11.1 Å². The fraction of sp³-hybridized carbons (Fsp3) is 0.333. The Labute approximate surface area is 89.5 Å². The Kier molecular flexibility index (Phi) is 3.12. The Morgan fingerprint density at radius 3 is 2.80 bits per heavy atom. The van der Waals surface area contributed by atoms with Crippen molar-refractivity contribution in [3.05, 3.63) is 47.3 Å². The first kappa shape index (κ1) is 9.90. The second kappa shape index (κ2) is 4.73. The largest absolute Gasteiger partial charge is 0.198 e. The third kappa shape index (κ3) is 2.65. The maximum absolute atomic E-state index is 4.03. The van der Waals surface area contributed by atoms with E-state index in [-0.39, 0.29) is 0 Å². The quantitative estimate of drug-likeness (QED) is 0.824. The van der Waals surface area contributed by atoms with Crippen LogP contribution in [0.4, 0.5) is 0 Å². The van der Waals surface area contributed by atoms with Crippen LogP contribution in [-0.2, 0) is 12.8 Å². The van der Waals surface area contributed by atoms with Crippen LogP contribution in [-0.4, -0.2) is 15.4 Å². The number of benzene rings is 1. The van der Waals surface area contributed by atoms with Gasteiger partial charge in [0.25, 0.3) is 0 Å². The molecule has 2 aromatic rings. The summed E-state index contributed by atoms with van der Waals surface area (Å²) in [5.41, 5.74) is 3.85. The zero-order valence-electron chi connectivity index (χ0n) is 8.90. The molecule has 0 fully saturated rings. The van der Waals surface area contributed by atoms with Crippen LogP contribution in [0.15, 0.2) is 30.5 Å². The highest BCUT2D eigenvalue weighted by atomic mass is 15.3. The smallest absolute Gasteiger partial charge is 0.0824 e. The van der Waals surface area contributed by atoms with Gasteiger partial charge in [0.15, 0.2) is 0 Å². The first-order valence-electron chi connectivity index (χ1n) is 5.25. The fourth-order valence-corrected chi connectivity index (χ4v) is 1.70. The first-order valence-corrected chi connectivity index (χ1v) is 5.25. The summed E-state index contributed by atoms with van der Waals surface area (Å²) in [4.78, 5) is 0. The van der Waals surface area contributed by atoms with E-state index in [1.54, 1.807) is 6.20 Å². The molecule has 3 heteroatoms. The van der Waals surface area contributed by atoms with Crippen LogP contribution in [0.3, 0.4) is 0 Å². The van der Waals surface area contributed by atoms with Gasteiger partial charge in [-0.05, 0) is 37.3 Å². The summed E-state index contributed by atoms with van der Waals surface area (Å²) in [5, 5.41) is 10.5. The van der Waals surface area contributed by atoms with E-state index in [0.29, 0.717) is 0 Å². The summed E-state index contributed by atoms with van der Waals surface area (Å²) < 4.78 is 0. The predicted molar refractivity (Wildman–Crippen MR) is 59.6 cm³/mol. The van der Waals surface area contributed by atoms with Gasteiger partial charge in [-0.1, -0.05) is 24.3 Å². The van der Waals surface area contributed by atoms with Gasteiger partial charge >= 0.3 is 0 Å². The van der Waals surface area contributed by atoms with Gasteiger partial charge in [0.1, 0.15) is 0 Å². The summed E-state index contributed by atoms with van der Waals surface area (Å²) in [7, 11) is 0. The molecule has 0 radical (unpaired) electrons. The first-order chi connectivity index (χ1) is 7.36. The van der Waals surface area contributed by atoms with E-state index in [1.807, 2.05) is 0 Å². The molecule has 15 heavy (non-hydrogen) atoms. The number of aromatic amines is 1. The molecule has 1 heterocycles. The minimum Gasteiger partial charge on any atom is -0.198 e. The van der Waals surface area contributed by atoms with Crippen molar-refractivity contribution in [3.63, 3.8) is 0 Å². The van der Waals surface area contributed by atoms with Crippen molar-refractivity contribution in [3.8, 4) is 0 Å². The molecule has 0 aliphatic rings. The molecule has 0 amide bonds. The summed E-state index contributed by atoms with van der Waals surface area (Å²) >= 11 is 0. The Morgan fingerprint density at radius 1 is 1.20 bits per heavy atom. The second-order valence-corrected chi connectivity index (χ2v) is 3.74. The van der Waals surface area contributed by atoms with Gasteiger partial charge in [0, 0.05) is 0 Å².